The Balaban J connectivity index is 1.10. The highest BCUT2D eigenvalue weighted by atomic mass is 32.1. The van der Waals surface area contributed by atoms with E-state index in [1.807, 2.05) is 47.8 Å². The summed E-state index contributed by atoms with van der Waals surface area (Å²) in [5.41, 5.74) is 7.58. The Kier molecular flexibility index (Phi) is 5.86. The summed E-state index contributed by atoms with van der Waals surface area (Å²) in [6.07, 6.45) is 0.766. The number of para-hydroxylation sites is 1. The van der Waals surface area contributed by atoms with Gasteiger partial charge in [0.1, 0.15) is 0 Å². The SMILES string of the molecule is CC1(C(=O)Nc2nc(-c3ccc(C(=O)Nc4ccccc4)cc3)cs2)CC2c3ccccc3C1c1ccccc12. The van der Waals surface area contributed by atoms with E-state index in [2.05, 4.69) is 66.1 Å². The molecule has 40 heavy (non-hydrogen) atoms. The first kappa shape index (κ1) is 24.5. The number of amides is 2. The fourth-order valence-corrected chi connectivity index (χ4v) is 7.12. The fourth-order valence-electron chi connectivity index (χ4n) is 6.41. The summed E-state index contributed by atoms with van der Waals surface area (Å²) < 4.78 is 0. The van der Waals surface area contributed by atoms with Crippen LogP contribution < -0.4 is 10.6 Å². The number of fused-ring (bicyclic) bond motifs is 1. The predicted molar refractivity (Wildman–Crippen MR) is 160 cm³/mol. The molecule has 0 spiro atoms. The van der Waals surface area contributed by atoms with E-state index in [9.17, 15) is 9.59 Å². The second kappa shape index (κ2) is 9.57. The van der Waals surface area contributed by atoms with Crippen molar-refractivity contribution in [1.82, 2.24) is 4.98 Å². The van der Waals surface area contributed by atoms with E-state index in [4.69, 9.17) is 4.98 Å². The predicted octanol–water partition coefficient (Wildman–Crippen LogP) is 7.69. The van der Waals surface area contributed by atoms with Crippen molar-refractivity contribution in [3.8, 4) is 11.3 Å². The topological polar surface area (TPSA) is 71.1 Å². The van der Waals surface area contributed by atoms with Crippen LogP contribution >= 0.6 is 11.3 Å². The summed E-state index contributed by atoms with van der Waals surface area (Å²) in [6, 6.07) is 33.9. The van der Waals surface area contributed by atoms with Crippen molar-refractivity contribution in [3.63, 3.8) is 0 Å². The molecule has 1 atom stereocenters. The van der Waals surface area contributed by atoms with Crippen molar-refractivity contribution in [2.75, 3.05) is 10.6 Å². The van der Waals surface area contributed by atoms with Crippen LogP contribution in [0.4, 0.5) is 10.8 Å². The number of aromatic nitrogens is 1. The first-order chi connectivity index (χ1) is 19.5. The zero-order valence-electron chi connectivity index (χ0n) is 21.9. The fraction of sp³-hybridized carbons (Fsp3) is 0.147. The third-order valence-electron chi connectivity index (χ3n) is 8.35. The zero-order chi connectivity index (χ0) is 27.3. The van der Waals surface area contributed by atoms with Crippen molar-refractivity contribution < 1.29 is 9.59 Å². The molecule has 2 amide bonds. The molecule has 3 aliphatic carbocycles. The van der Waals surface area contributed by atoms with Gasteiger partial charge in [0.25, 0.3) is 5.91 Å². The number of rotatable bonds is 5. The average molecular weight is 542 g/mol. The van der Waals surface area contributed by atoms with Gasteiger partial charge in [-0.1, -0.05) is 78.9 Å². The number of nitrogens with one attached hydrogen (secondary N) is 2. The Labute approximate surface area is 236 Å². The molecule has 1 heterocycles. The Morgan fingerprint density at radius 1 is 0.775 bits per heavy atom. The van der Waals surface area contributed by atoms with Crippen LogP contribution in [0, 0.1) is 5.41 Å². The van der Waals surface area contributed by atoms with Gasteiger partial charge in [-0.15, -0.1) is 11.3 Å². The molecular weight excluding hydrogens is 514 g/mol. The molecule has 2 N–H and O–H groups in total. The number of carbonyl (C=O) groups is 2. The smallest absolute Gasteiger partial charge is 0.255 e. The van der Waals surface area contributed by atoms with Gasteiger partial charge in [0.2, 0.25) is 5.91 Å². The van der Waals surface area contributed by atoms with Gasteiger partial charge in [0.15, 0.2) is 5.13 Å². The van der Waals surface area contributed by atoms with E-state index in [-0.39, 0.29) is 23.7 Å². The van der Waals surface area contributed by atoms with E-state index in [0.717, 1.165) is 23.4 Å². The second-order valence-corrected chi connectivity index (χ2v) is 11.6. The lowest BCUT2D eigenvalue weighted by Gasteiger charge is -2.50. The molecule has 2 bridgehead atoms. The normalized spacial score (nSPS) is 20.3. The highest BCUT2D eigenvalue weighted by Gasteiger charge is 2.53. The van der Waals surface area contributed by atoms with Gasteiger partial charge >= 0.3 is 0 Å². The van der Waals surface area contributed by atoms with E-state index in [1.54, 1.807) is 12.1 Å². The van der Waals surface area contributed by atoms with Crippen LogP contribution in [-0.4, -0.2) is 16.8 Å². The van der Waals surface area contributed by atoms with Gasteiger partial charge in [0, 0.05) is 34.0 Å². The first-order valence-corrected chi connectivity index (χ1v) is 14.3. The molecule has 6 heteroatoms. The molecule has 0 fully saturated rings. The molecule has 0 saturated heterocycles. The van der Waals surface area contributed by atoms with Crippen LogP contribution in [-0.2, 0) is 4.79 Å². The molecule has 4 aromatic carbocycles. The van der Waals surface area contributed by atoms with Gasteiger partial charge in [-0.25, -0.2) is 4.98 Å². The number of carbonyl (C=O) groups excluding carboxylic acids is 2. The number of anilines is 2. The lowest BCUT2D eigenvalue weighted by atomic mass is 9.52. The molecule has 5 nitrogen and oxygen atoms in total. The monoisotopic (exact) mass is 541 g/mol. The van der Waals surface area contributed by atoms with Gasteiger partial charge < -0.3 is 10.6 Å². The highest BCUT2D eigenvalue weighted by molar-refractivity contribution is 7.14. The standard InChI is InChI=1S/C34H27N3O2S/c1-34(19-28-24-11-5-7-13-26(24)30(34)27-14-8-6-12-25(27)28)32(39)37-33-36-29(20-40-33)21-15-17-22(18-16-21)31(38)35-23-9-3-2-4-10-23/h2-18,20,28,30H,19H2,1H3,(H,35,38)(H,36,37,39). The molecule has 1 unspecified atom stereocenters. The maximum absolute atomic E-state index is 13.9. The number of benzene rings is 4. The molecule has 5 aromatic rings. The van der Waals surface area contributed by atoms with Crippen molar-refractivity contribution in [3.05, 3.63) is 136 Å². The summed E-state index contributed by atoms with van der Waals surface area (Å²) in [5.74, 6) is 0.0407. The quantitative estimate of drug-likeness (QED) is 0.240. The van der Waals surface area contributed by atoms with Crippen LogP contribution in [0.15, 0.2) is 109 Å². The third kappa shape index (κ3) is 4.03. The minimum atomic E-state index is -0.590. The molecule has 0 radical (unpaired) electrons. The first-order valence-electron chi connectivity index (χ1n) is 13.4. The largest absolute Gasteiger partial charge is 0.322 e. The van der Waals surface area contributed by atoms with Gasteiger partial charge in [-0.3, -0.25) is 9.59 Å². The average Bonchev–Trinajstić information content (AvgIpc) is 3.46. The van der Waals surface area contributed by atoms with E-state index in [1.165, 1.54) is 33.6 Å². The molecular formula is C34H27N3O2S. The molecule has 1 aromatic heterocycles. The van der Waals surface area contributed by atoms with E-state index < -0.39 is 5.41 Å². The summed E-state index contributed by atoms with van der Waals surface area (Å²) in [5, 5.41) is 8.57. The van der Waals surface area contributed by atoms with Crippen molar-refractivity contribution >= 4 is 34.0 Å². The van der Waals surface area contributed by atoms with Crippen LogP contribution in [0.25, 0.3) is 11.3 Å². The second-order valence-electron chi connectivity index (χ2n) is 10.8. The van der Waals surface area contributed by atoms with Crippen molar-refractivity contribution in [1.29, 1.82) is 0 Å². The molecule has 8 rings (SSSR count). The van der Waals surface area contributed by atoms with Gasteiger partial charge in [0.05, 0.1) is 11.1 Å². The van der Waals surface area contributed by atoms with Crippen LogP contribution in [0.1, 0.15) is 57.8 Å². The highest BCUT2D eigenvalue weighted by Crippen LogP contribution is 2.61. The Hall–Kier alpha value is -4.55. The summed E-state index contributed by atoms with van der Waals surface area (Å²) in [6.45, 7) is 2.10. The lowest BCUT2D eigenvalue weighted by molar-refractivity contribution is -0.126. The van der Waals surface area contributed by atoms with E-state index in [0.29, 0.717) is 10.7 Å². The molecule has 196 valence electrons. The maximum atomic E-state index is 13.9. The Morgan fingerprint density at radius 2 is 1.38 bits per heavy atom. The van der Waals surface area contributed by atoms with E-state index >= 15 is 0 Å². The lowest BCUT2D eigenvalue weighted by Crippen LogP contribution is -2.47. The summed E-state index contributed by atoms with van der Waals surface area (Å²) in [4.78, 5) is 31.3. The number of hydrogen-bond donors (Lipinski definition) is 2. The number of thiazole rings is 1. The van der Waals surface area contributed by atoms with Gasteiger partial charge in [-0.05, 0) is 59.9 Å². The van der Waals surface area contributed by atoms with Gasteiger partial charge in [-0.2, -0.15) is 0 Å². The Bertz CT molecular complexity index is 1700. The number of nitrogens with zero attached hydrogens (tertiary/aromatic N) is 1. The zero-order valence-corrected chi connectivity index (χ0v) is 22.7. The summed E-state index contributed by atoms with van der Waals surface area (Å²) in [7, 11) is 0. The molecule has 3 aliphatic rings. The Morgan fingerprint density at radius 3 is 2.02 bits per heavy atom. The maximum Gasteiger partial charge on any atom is 0.255 e. The van der Waals surface area contributed by atoms with Crippen LogP contribution in [0.5, 0.6) is 0 Å². The third-order valence-corrected chi connectivity index (χ3v) is 9.11. The van der Waals surface area contributed by atoms with Crippen LogP contribution in [0.3, 0.4) is 0 Å². The van der Waals surface area contributed by atoms with Crippen LogP contribution in [0.2, 0.25) is 0 Å². The minimum absolute atomic E-state index is 0.000312. The molecule has 0 saturated carbocycles. The van der Waals surface area contributed by atoms with Crippen molar-refractivity contribution in [2.45, 2.75) is 25.2 Å². The summed E-state index contributed by atoms with van der Waals surface area (Å²) >= 11 is 1.42. The molecule has 0 aliphatic heterocycles. The number of hydrogen-bond acceptors (Lipinski definition) is 4. The minimum Gasteiger partial charge on any atom is -0.322 e. The van der Waals surface area contributed by atoms with Crippen molar-refractivity contribution in [2.24, 2.45) is 5.41 Å².